The SMILES string of the molecule is Cn1cc(-c2ccc(CNC(=O)OCC3CCCCO3)cn2)cn1. The number of amides is 1. The van der Waals surface area contributed by atoms with Gasteiger partial charge in [0.05, 0.1) is 18.0 Å². The molecular formula is C17H22N4O3. The summed E-state index contributed by atoms with van der Waals surface area (Å²) in [6.07, 6.45) is 8.19. The number of pyridine rings is 1. The highest BCUT2D eigenvalue weighted by Gasteiger charge is 2.15. The van der Waals surface area contributed by atoms with Gasteiger partial charge in [-0.05, 0) is 30.9 Å². The van der Waals surface area contributed by atoms with Gasteiger partial charge in [0.2, 0.25) is 0 Å². The van der Waals surface area contributed by atoms with E-state index >= 15 is 0 Å². The summed E-state index contributed by atoms with van der Waals surface area (Å²) in [7, 11) is 1.87. The molecule has 0 aliphatic carbocycles. The predicted octanol–water partition coefficient (Wildman–Crippen LogP) is 2.28. The van der Waals surface area contributed by atoms with Crippen molar-refractivity contribution in [3.63, 3.8) is 0 Å². The lowest BCUT2D eigenvalue weighted by molar-refractivity contribution is -0.0223. The van der Waals surface area contributed by atoms with E-state index in [2.05, 4.69) is 15.4 Å². The van der Waals surface area contributed by atoms with Crippen LogP contribution in [0, 0.1) is 0 Å². The van der Waals surface area contributed by atoms with Gasteiger partial charge >= 0.3 is 6.09 Å². The van der Waals surface area contributed by atoms with Crippen LogP contribution in [0.2, 0.25) is 0 Å². The van der Waals surface area contributed by atoms with Crippen LogP contribution in [-0.4, -0.2) is 40.2 Å². The zero-order chi connectivity index (χ0) is 16.8. The van der Waals surface area contributed by atoms with Crippen molar-refractivity contribution in [1.29, 1.82) is 0 Å². The molecule has 24 heavy (non-hydrogen) atoms. The van der Waals surface area contributed by atoms with Crippen LogP contribution in [0.25, 0.3) is 11.3 Å². The molecule has 1 atom stereocenters. The number of hydrogen-bond acceptors (Lipinski definition) is 5. The molecule has 1 amide bonds. The van der Waals surface area contributed by atoms with Crippen molar-refractivity contribution >= 4 is 6.09 Å². The number of nitrogens with one attached hydrogen (secondary N) is 1. The molecular weight excluding hydrogens is 308 g/mol. The Morgan fingerprint density at radius 1 is 1.42 bits per heavy atom. The first-order valence-corrected chi connectivity index (χ1v) is 8.17. The number of carbonyl (C=O) groups is 1. The highest BCUT2D eigenvalue weighted by atomic mass is 16.6. The zero-order valence-electron chi connectivity index (χ0n) is 13.8. The first-order valence-electron chi connectivity index (χ1n) is 8.17. The number of nitrogens with zero attached hydrogens (tertiary/aromatic N) is 3. The van der Waals surface area contributed by atoms with Crippen molar-refractivity contribution < 1.29 is 14.3 Å². The molecule has 1 unspecified atom stereocenters. The van der Waals surface area contributed by atoms with Gasteiger partial charge in [0.1, 0.15) is 6.61 Å². The highest BCUT2D eigenvalue weighted by Crippen LogP contribution is 2.15. The van der Waals surface area contributed by atoms with Crippen LogP contribution in [-0.2, 0) is 23.1 Å². The molecule has 7 heteroatoms. The van der Waals surface area contributed by atoms with E-state index in [-0.39, 0.29) is 6.10 Å². The third kappa shape index (κ3) is 4.55. The molecule has 2 aromatic heterocycles. The maximum Gasteiger partial charge on any atom is 0.407 e. The molecule has 0 saturated carbocycles. The molecule has 0 aromatic carbocycles. The molecule has 0 spiro atoms. The third-order valence-electron chi connectivity index (χ3n) is 3.94. The summed E-state index contributed by atoms with van der Waals surface area (Å²) < 4.78 is 12.5. The van der Waals surface area contributed by atoms with Crippen LogP contribution in [0.15, 0.2) is 30.7 Å². The lowest BCUT2D eigenvalue weighted by Crippen LogP contribution is -2.30. The first kappa shape index (κ1) is 16.4. The van der Waals surface area contributed by atoms with E-state index in [9.17, 15) is 4.79 Å². The Morgan fingerprint density at radius 2 is 2.33 bits per heavy atom. The molecule has 3 rings (SSSR count). The monoisotopic (exact) mass is 330 g/mol. The predicted molar refractivity (Wildman–Crippen MR) is 88.2 cm³/mol. The normalized spacial score (nSPS) is 17.5. The van der Waals surface area contributed by atoms with Crippen molar-refractivity contribution in [2.24, 2.45) is 7.05 Å². The summed E-state index contributed by atoms with van der Waals surface area (Å²) in [5.74, 6) is 0. The summed E-state index contributed by atoms with van der Waals surface area (Å²) in [4.78, 5) is 16.1. The average Bonchev–Trinajstić information content (AvgIpc) is 3.06. The minimum absolute atomic E-state index is 0.0323. The third-order valence-corrected chi connectivity index (χ3v) is 3.94. The lowest BCUT2D eigenvalue weighted by atomic mass is 10.1. The second kappa shape index (κ2) is 7.92. The van der Waals surface area contributed by atoms with E-state index in [0.29, 0.717) is 13.2 Å². The summed E-state index contributed by atoms with van der Waals surface area (Å²) in [6, 6.07) is 3.84. The van der Waals surface area contributed by atoms with E-state index in [1.807, 2.05) is 25.4 Å². The second-order valence-corrected chi connectivity index (χ2v) is 5.89. The standard InChI is InChI=1S/C17H22N4O3/c1-21-11-14(10-20-21)16-6-5-13(8-18-16)9-19-17(22)24-12-15-4-2-3-7-23-15/h5-6,8,10-11,15H,2-4,7,9,12H2,1H3,(H,19,22). The van der Waals surface area contributed by atoms with Crippen molar-refractivity contribution in [2.45, 2.75) is 31.9 Å². The number of hydrogen-bond donors (Lipinski definition) is 1. The van der Waals surface area contributed by atoms with Crippen molar-refractivity contribution in [3.05, 3.63) is 36.3 Å². The Bertz CT molecular complexity index is 663. The summed E-state index contributed by atoms with van der Waals surface area (Å²) in [5.41, 5.74) is 2.72. The van der Waals surface area contributed by atoms with Crippen LogP contribution in [0.3, 0.4) is 0 Å². The van der Waals surface area contributed by atoms with Gasteiger partial charge in [0.15, 0.2) is 0 Å². The van der Waals surface area contributed by atoms with Crippen LogP contribution >= 0.6 is 0 Å². The van der Waals surface area contributed by atoms with E-state index in [1.165, 1.54) is 0 Å². The highest BCUT2D eigenvalue weighted by molar-refractivity contribution is 5.67. The van der Waals surface area contributed by atoms with Gasteiger partial charge in [0, 0.05) is 38.2 Å². The fraction of sp³-hybridized carbons (Fsp3) is 0.471. The second-order valence-electron chi connectivity index (χ2n) is 5.89. The molecule has 2 aromatic rings. The largest absolute Gasteiger partial charge is 0.447 e. The van der Waals surface area contributed by atoms with Gasteiger partial charge in [-0.3, -0.25) is 9.67 Å². The number of aromatic nitrogens is 3. The molecule has 0 bridgehead atoms. The topological polar surface area (TPSA) is 78.3 Å². The van der Waals surface area contributed by atoms with Crippen LogP contribution in [0.1, 0.15) is 24.8 Å². The maximum absolute atomic E-state index is 11.7. The van der Waals surface area contributed by atoms with Crippen LogP contribution < -0.4 is 5.32 Å². The van der Waals surface area contributed by atoms with Gasteiger partial charge in [-0.2, -0.15) is 5.10 Å². The fourth-order valence-electron chi connectivity index (χ4n) is 2.59. The van der Waals surface area contributed by atoms with Gasteiger partial charge < -0.3 is 14.8 Å². The number of alkyl carbamates (subject to hydrolysis) is 1. The molecule has 3 heterocycles. The fourth-order valence-corrected chi connectivity index (χ4v) is 2.59. The summed E-state index contributed by atoms with van der Waals surface area (Å²) in [6.45, 7) is 1.44. The minimum atomic E-state index is -0.430. The molecule has 1 aliphatic heterocycles. The van der Waals surface area contributed by atoms with E-state index < -0.39 is 6.09 Å². The Morgan fingerprint density at radius 3 is 3.00 bits per heavy atom. The number of rotatable bonds is 5. The Kier molecular flexibility index (Phi) is 5.43. The van der Waals surface area contributed by atoms with Gasteiger partial charge in [-0.15, -0.1) is 0 Å². The van der Waals surface area contributed by atoms with Gasteiger partial charge in [-0.1, -0.05) is 6.07 Å². The van der Waals surface area contributed by atoms with E-state index in [0.717, 1.165) is 42.7 Å². The lowest BCUT2D eigenvalue weighted by Gasteiger charge is -2.22. The molecule has 0 radical (unpaired) electrons. The molecule has 7 nitrogen and oxygen atoms in total. The maximum atomic E-state index is 11.7. The molecule has 1 aliphatic rings. The first-order chi connectivity index (χ1) is 11.7. The van der Waals surface area contributed by atoms with Crippen molar-refractivity contribution in [2.75, 3.05) is 13.2 Å². The molecule has 1 saturated heterocycles. The minimum Gasteiger partial charge on any atom is -0.447 e. The molecule has 1 N–H and O–H groups in total. The van der Waals surface area contributed by atoms with E-state index in [1.54, 1.807) is 17.1 Å². The van der Waals surface area contributed by atoms with Gasteiger partial charge in [-0.25, -0.2) is 4.79 Å². The quantitative estimate of drug-likeness (QED) is 0.910. The van der Waals surface area contributed by atoms with Gasteiger partial charge in [0.25, 0.3) is 0 Å². The average molecular weight is 330 g/mol. The van der Waals surface area contributed by atoms with E-state index in [4.69, 9.17) is 9.47 Å². The summed E-state index contributed by atoms with van der Waals surface area (Å²) in [5, 5.41) is 6.86. The number of ether oxygens (including phenoxy) is 2. The zero-order valence-corrected chi connectivity index (χ0v) is 13.8. The smallest absolute Gasteiger partial charge is 0.407 e. The molecule has 1 fully saturated rings. The number of aryl methyl sites for hydroxylation is 1. The Balaban J connectivity index is 1.43. The summed E-state index contributed by atoms with van der Waals surface area (Å²) >= 11 is 0. The van der Waals surface area contributed by atoms with Crippen molar-refractivity contribution in [3.8, 4) is 11.3 Å². The Hall–Kier alpha value is -2.41. The molecule has 128 valence electrons. The van der Waals surface area contributed by atoms with Crippen LogP contribution in [0.5, 0.6) is 0 Å². The van der Waals surface area contributed by atoms with Crippen molar-refractivity contribution in [1.82, 2.24) is 20.1 Å². The van der Waals surface area contributed by atoms with Crippen LogP contribution in [0.4, 0.5) is 4.79 Å². The number of carbonyl (C=O) groups excluding carboxylic acids is 1. The Labute approximate surface area is 141 Å².